The second kappa shape index (κ2) is 4.67. The molecular formula is C10H7F3N4O2. The molecule has 0 amide bonds. The SMILES string of the molecule is CC(=O)Oc1ccc(-n2cnnn2)cc1C(F)(F)F. The minimum atomic E-state index is -4.66. The van der Waals surface area contributed by atoms with Crippen LogP contribution in [0.4, 0.5) is 13.2 Å². The van der Waals surface area contributed by atoms with Gasteiger partial charge in [-0.2, -0.15) is 13.2 Å². The lowest BCUT2D eigenvalue weighted by Crippen LogP contribution is -2.12. The van der Waals surface area contributed by atoms with Crippen LogP contribution in [0.25, 0.3) is 5.69 Å². The van der Waals surface area contributed by atoms with E-state index in [9.17, 15) is 18.0 Å². The Morgan fingerprint density at radius 3 is 2.63 bits per heavy atom. The van der Waals surface area contributed by atoms with E-state index in [1.54, 1.807) is 0 Å². The van der Waals surface area contributed by atoms with Crippen LogP contribution in [0.2, 0.25) is 0 Å². The van der Waals surface area contributed by atoms with Gasteiger partial charge >= 0.3 is 12.1 Å². The van der Waals surface area contributed by atoms with Gasteiger partial charge in [-0.3, -0.25) is 4.79 Å². The van der Waals surface area contributed by atoms with Gasteiger partial charge in [-0.25, -0.2) is 4.68 Å². The molecule has 0 aliphatic heterocycles. The predicted molar refractivity (Wildman–Crippen MR) is 55.5 cm³/mol. The van der Waals surface area contributed by atoms with Crippen LogP contribution in [0.1, 0.15) is 12.5 Å². The molecule has 0 aliphatic rings. The maximum absolute atomic E-state index is 12.9. The molecule has 6 nitrogen and oxygen atoms in total. The number of aromatic nitrogens is 4. The Balaban J connectivity index is 2.51. The van der Waals surface area contributed by atoms with Gasteiger partial charge in [0.1, 0.15) is 17.6 Å². The average Bonchev–Trinajstić information content (AvgIpc) is 2.80. The zero-order valence-corrected chi connectivity index (χ0v) is 9.55. The Kier molecular flexibility index (Phi) is 3.19. The first kappa shape index (κ1) is 13.0. The number of tetrazole rings is 1. The molecule has 0 radical (unpaired) electrons. The molecule has 0 spiro atoms. The second-order valence-corrected chi connectivity index (χ2v) is 3.53. The first-order valence-corrected chi connectivity index (χ1v) is 5.01. The summed E-state index contributed by atoms with van der Waals surface area (Å²) in [5.74, 6) is -1.39. The van der Waals surface area contributed by atoms with E-state index in [1.807, 2.05) is 0 Å². The zero-order chi connectivity index (χ0) is 14.0. The number of hydrogen-bond acceptors (Lipinski definition) is 5. The molecule has 2 aromatic rings. The minimum Gasteiger partial charge on any atom is -0.426 e. The van der Waals surface area contributed by atoms with Gasteiger partial charge in [-0.15, -0.1) is 5.10 Å². The fourth-order valence-corrected chi connectivity index (χ4v) is 1.41. The molecule has 1 heterocycles. The van der Waals surface area contributed by atoms with Crippen LogP contribution < -0.4 is 4.74 Å². The van der Waals surface area contributed by atoms with Crippen molar-refractivity contribution in [3.63, 3.8) is 0 Å². The monoisotopic (exact) mass is 272 g/mol. The molecule has 0 atom stereocenters. The summed E-state index contributed by atoms with van der Waals surface area (Å²) in [6.45, 7) is 1.02. The topological polar surface area (TPSA) is 69.9 Å². The molecule has 0 N–H and O–H groups in total. The van der Waals surface area contributed by atoms with Crippen molar-refractivity contribution < 1.29 is 22.7 Å². The second-order valence-electron chi connectivity index (χ2n) is 3.53. The number of nitrogens with zero attached hydrogens (tertiary/aromatic N) is 4. The van der Waals surface area contributed by atoms with Crippen LogP contribution >= 0.6 is 0 Å². The average molecular weight is 272 g/mol. The van der Waals surface area contributed by atoms with Crippen LogP contribution in [0.5, 0.6) is 5.75 Å². The summed E-state index contributed by atoms with van der Waals surface area (Å²) in [7, 11) is 0. The molecule has 1 aromatic carbocycles. The summed E-state index contributed by atoms with van der Waals surface area (Å²) in [5.41, 5.74) is -0.969. The fraction of sp³-hybridized carbons (Fsp3) is 0.200. The van der Waals surface area contributed by atoms with Crippen molar-refractivity contribution in [1.82, 2.24) is 20.2 Å². The molecule has 0 fully saturated rings. The number of halogens is 3. The molecule has 100 valence electrons. The third-order valence-electron chi connectivity index (χ3n) is 2.14. The van der Waals surface area contributed by atoms with Crippen LogP contribution in [-0.4, -0.2) is 26.2 Å². The van der Waals surface area contributed by atoms with E-state index in [0.717, 1.165) is 30.1 Å². The number of benzene rings is 1. The highest BCUT2D eigenvalue weighted by Crippen LogP contribution is 2.37. The molecule has 2 rings (SSSR count). The Labute approximate surface area is 104 Å². The van der Waals surface area contributed by atoms with E-state index >= 15 is 0 Å². The fourth-order valence-electron chi connectivity index (χ4n) is 1.41. The highest BCUT2D eigenvalue weighted by molar-refractivity contribution is 5.70. The Morgan fingerprint density at radius 2 is 2.11 bits per heavy atom. The lowest BCUT2D eigenvalue weighted by atomic mass is 10.1. The van der Waals surface area contributed by atoms with Gasteiger partial charge in [0.15, 0.2) is 0 Å². The van der Waals surface area contributed by atoms with Crippen LogP contribution in [-0.2, 0) is 11.0 Å². The summed E-state index contributed by atoms with van der Waals surface area (Å²) in [4.78, 5) is 10.8. The quantitative estimate of drug-likeness (QED) is 0.613. The molecule has 0 aliphatic carbocycles. The van der Waals surface area contributed by atoms with Crippen molar-refractivity contribution >= 4 is 5.97 Å². The molecular weight excluding hydrogens is 265 g/mol. The Hall–Kier alpha value is -2.45. The summed E-state index contributed by atoms with van der Waals surface area (Å²) in [5, 5.41) is 10.1. The maximum atomic E-state index is 12.9. The number of carbonyl (C=O) groups excluding carboxylic acids is 1. The van der Waals surface area contributed by atoms with Gasteiger partial charge in [0.25, 0.3) is 0 Å². The van der Waals surface area contributed by atoms with E-state index in [1.165, 1.54) is 6.07 Å². The Bertz CT molecular complexity index is 595. The summed E-state index contributed by atoms with van der Waals surface area (Å²) < 4.78 is 44.2. The molecule has 1 aromatic heterocycles. The number of ether oxygens (including phenoxy) is 1. The molecule has 0 unspecified atom stereocenters. The van der Waals surface area contributed by atoms with Crippen molar-refractivity contribution in [3.05, 3.63) is 30.1 Å². The van der Waals surface area contributed by atoms with E-state index in [4.69, 9.17) is 0 Å². The third-order valence-corrected chi connectivity index (χ3v) is 2.14. The highest BCUT2D eigenvalue weighted by atomic mass is 19.4. The van der Waals surface area contributed by atoms with Gasteiger partial charge in [-0.1, -0.05) is 0 Å². The largest absolute Gasteiger partial charge is 0.426 e. The molecule has 0 saturated heterocycles. The van der Waals surface area contributed by atoms with Crippen LogP contribution in [0.15, 0.2) is 24.5 Å². The number of alkyl halides is 3. The van der Waals surface area contributed by atoms with Crippen molar-refractivity contribution in [2.75, 3.05) is 0 Å². The summed E-state index contributed by atoms with van der Waals surface area (Å²) in [6, 6.07) is 3.15. The third kappa shape index (κ3) is 2.87. The molecule has 19 heavy (non-hydrogen) atoms. The number of hydrogen-bond donors (Lipinski definition) is 0. The van der Waals surface area contributed by atoms with Gasteiger partial charge < -0.3 is 4.74 Å². The Morgan fingerprint density at radius 1 is 1.37 bits per heavy atom. The molecule has 0 bridgehead atoms. The van der Waals surface area contributed by atoms with Crippen molar-refractivity contribution in [1.29, 1.82) is 0 Å². The maximum Gasteiger partial charge on any atom is 0.420 e. The normalized spacial score (nSPS) is 11.4. The van der Waals surface area contributed by atoms with Gasteiger partial charge in [-0.05, 0) is 28.6 Å². The van der Waals surface area contributed by atoms with E-state index < -0.39 is 23.5 Å². The summed E-state index contributed by atoms with van der Waals surface area (Å²) in [6.07, 6.45) is -3.50. The standard InChI is InChI=1S/C10H7F3N4O2/c1-6(18)19-9-3-2-7(17-5-14-15-16-17)4-8(9)10(11,12)13/h2-5H,1H3. The predicted octanol–water partition coefficient (Wildman–Crippen LogP) is 1.61. The highest BCUT2D eigenvalue weighted by Gasteiger charge is 2.35. The van der Waals surface area contributed by atoms with Crippen molar-refractivity contribution in [2.45, 2.75) is 13.1 Å². The first-order chi connectivity index (χ1) is 8.88. The van der Waals surface area contributed by atoms with Crippen LogP contribution in [0, 0.1) is 0 Å². The van der Waals surface area contributed by atoms with Crippen LogP contribution in [0.3, 0.4) is 0 Å². The molecule has 9 heteroatoms. The van der Waals surface area contributed by atoms with Crippen molar-refractivity contribution in [3.8, 4) is 11.4 Å². The number of carbonyl (C=O) groups is 1. The summed E-state index contributed by atoms with van der Waals surface area (Å²) >= 11 is 0. The van der Waals surface area contributed by atoms with Gasteiger partial charge in [0.05, 0.1) is 5.69 Å². The van der Waals surface area contributed by atoms with Gasteiger partial charge in [0, 0.05) is 6.92 Å². The lowest BCUT2D eigenvalue weighted by molar-refractivity contribution is -0.141. The lowest BCUT2D eigenvalue weighted by Gasteiger charge is -2.13. The smallest absolute Gasteiger partial charge is 0.420 e. The van der Waals surface area contributed by atoms with Crippen molar-refractivity contribution in [2.24, 2.45) is 0 Å². The first-order valence-electron chi connectivity index (χ1n) is 5.01. The van der Waals surface area contributed by atoms with E-state index in [2.05, 4.69) is 20.3 Å². The van der Waals surface area contributed by atoms with E-state index in [-0.39, 0.29) is 5.69 Å². The van der Waals surface area contributed by atoms with E-state index in [0.29, 0.717) is 0 Å². The number of esters is 1. The molecule has 0 saturated carbocycles. The minimum absolute atomic E-state index is 0.105. The number of rotatable bonds is 2. The van der Waals surface area contributed by atoms with Gasteiger partial charge in [0.2, 0.25) is 0 Å². The zero-order valence-electron chi connectivity index (χ0n) is 9.55.